The topological polar surface area (TPSA) is 36.9 Å². The first-order valence-corrected chi connectivity index (χ1v) is 5.11. The van der Waals surface area contributed by atoms with E-state index in [4.69, 9.17) is 4.74 Å². The molecule has 2 aliphatic rings. The number of rotatable bonds is 0. The van der Waals surface area contributed by atoms with Crippen LogP contribution in [-0.4, -0.2) is 43.2 Å². The van der Waals surface area contributed by atoms with E-state index in [1.54, 1.807) is 0 Å². The molecule has 0 spiro atoms. The van der Waals surface area contributed by atoms with Gasteiger partial charge in [-0.3, -0.25) is 0 Å². The molecule has 4 nitrogen and oxygen atoms in total. The van der Waals surface area contributed by atoms with E-state index in [1.807, 2.05) is 0 Å². The minimum absolute atomic E-state index is 0.286. The monoisotopic (exact) mass is 195 g/mol. The van der Waals surface area contributed by atoms with Crippen LogP contribution in [0.4, 0.5) is 0 Å². The van der Waals surface area contributed by atoms with Crippen LogP contribution in [0.5, 0.6) is 0 Å². The van der Waals surface area contributed by atoms with E-state index in [0.717, 1.165) is 32.3 Å². The summed E-state index contributed by atoms with van der Waals surface area (Å²) in [4.78, 5) is 6.80. The zero-order chi connectivity index (χ0) is 9.97. The third kappa shape index (κ3) is 2.07. The third-order valence-corrected chi connectivity index (χ3v) is 2.44. The van der Waals surface area contributed by atoms with Crippen LogP contribution in [0.15, 0.2) is 16.8 Å². The summed E-state index contributed by atoms with van der Waals surface area (Å²) in [5.41, 5.74) is 1.19. The number of nitrogens with zero attached hydrogens (tertiary/aromatic N) is 2. The van der Waals surface area contributed by atoms with E-state index in [1.165, 1.54) is 5.70 Å². The van der Waals surface area contributed by atoms with E-state index in [-0.39, 0.29) is 6.04 Å². The van der Waals surface area contributed by atoms with Gasteiger partial charge in [-0.25, -0.2) is 4.99 Å². The molecule has 1 unspecified atom stereocenters. The van der Waals surface area contributed by atoms with Gasteiger partial charge in [0.15, 0.2) is 5.96 Å². The number of hydrogen-bond donors (Lipinski definition) is 1. The highest BCUT2D eigenvalue weighted by molar-refractivity contribution is 5.82. The van der Waals surface area contributed by atoms with Gasteiger partial charge in [-0.2, -0.15) is 0 Å². The summed E-state index contributed by atoms with van der Waals surface area (Å²) in [5, 5.41) is 3.30. The number of ether oxygens (including phenoxy) is 1. The molecule has 1 saturated heterocycles. The maximum atomic E-state index is 5.31. The molecule has 2 aliphatic heterocycles. The van der Waals surface area contributed by atoms with Gasteiger partial charge >= 0.3 is 0 Å². The quantitative estimate of drug-likeness (QED) is 0.614. The highest BCUT2D eigenvalue weighted by atomic mass is 16.5. The Kier molecular flexibility index (Phi) is 2.72. The summed E-state index contributed by atoms with van der Waals surface area (Å²) < 4.78 is 5.31. The van der Waals surface area contributed by atoms with Crippen LogP contribution < -0.4 is 5.32 Å². The Morgan fingerprint density at radius 2 is 2.21 bits per heavy atom. The summed E-state index contributed by atoms with van der Waals surface area (Å²) in [6.07, 6.45) is 2.13. The Morgan fingerprint density at radius 3 is 2.86 bits per heavy atom. The first-order valence-electron chi connectivity index (χ1n) is 5.11. The van der Waals surface area contributed by atoms with Gasteiger partial charge in [-0.05, 0) is 19.9 Å². The Morgan fingerprint density at radius 1 is 1.50 bits per heavy atom. The van der Waals surface area contributed by atoms with Crippen molar-refractivity contribution in [2.24, 2.45) is 4.99 Å². The van der Waals surface area contributed by atoms with Gasteiger partial charge in [-0.15, -0.1) is 0 Å². The Balaban J connectivity index is 2.03. The van der Waals surface area contributed by atoms with E-state index in [0.29, 0.717) is 0 Å². The molecule has 1 atom stereocenters. The van der Waals surface area contributed by atoms with Crippen molar-refractivity contribution < 1.29 is 4.74 Å². The average molecular weight is 195 g/mol. The van der Waals surface area contributed by atoms with Gasteiger partial charge in [0.25, 0.3) is 0 Å². The number of morpholine rings is 1. The van der Waals surface area contributed by atoms with E-state index >= 15 is 0 Å². The molecule has 14 heavy (non-hydrogen) atoms. The molecule has 0 aliphatic carbocycles. The van der Waals surface area contributed by atoms with E-state index < -0.39 is 0 Å². The van der Waals surface area contributed by atoms with Crippen molar-refractivity contribution in [2.75, 3.05) is 26.3 Å². The van der Waals surface area contributed by atoms with Crippen LogP contribution >= 0.6 is 0 Å². The van der Waals surface area contributed by atoms with Gasteiger partial charge in [0, 0.05) is 18.8 Å². The molecule has 0 aromatic rings. The molecule has 0 amide bonds. The highest BCUT2D eigenvalue weighted by Crippen LogP contribution is 2.07. The zero-order valence-electron chi connectivity index (χ0n) is 8.79. The lowest BCUT2D eigenvalue weighted by molar-refractivity contribution is 0.0665. The minimum Gasteiger partial charge on any atom is -0.378 e. The second-order valence-corrected chi connectivity index (χ2v) is 3.77. The van der Waals surface area contributed by atoms with Crippen LogP contribution in [0.2, 0.25) is 0 Å². The zero-order valence-corrected chi connectivity index (χ0v) is 8.79. The first kappa shape index (κ1) is 9.52. The number of nitrogens with one attached hydrogen (secondary N) is 1. The molecular formula is C10H17N3O. The van der Waals surface area contributed by atoms with Gasteiger partial charge in [-0.1, -0.05) is 0 Å². The first-order chi connectivity index (χ1) is 6.75. The van der Waals surface area contributed by atoms with Gasteiger partial charge in [0.2, 0.25) is 0 Å². The number of aliphatic imine (C=N–C) groups is 1. The van der Waals surface area contributed by atoms with E-state index in [9.17, 15) is 0 Å². The maximum absolute atomic E-state index is 5.31. The third-order valence-electron chi connectivity index (χ3n) is 2.44. The Hall–Kier alpha value is -1.03. The van der Waals surface area contributed by atoms with E-state index in [2.05, 4.69) is 35.1 Å². The molecule has 78 valence electrons. The van der Waals surface area contributed by atoms with Crippen LogP contribution in [0.3, 0.4) is 0 Å². The van der Waals surface area contributed by atoms with Gasteiger partial charge in [0.05, 0.1) is 19.3 Å². The lowest BCUT2D eigenvalue weighted by Gasteiger charge is -2.32. The molecule has 0 aromatic heterocycles. The molecule has 0 saturated carbocycles. The van der Waals surface area contributed by atoms with Crippen LogP contribution in [0.25, 0.3) is 0 Å². The van der Waals surface area contributed by atoms with Gasteiger partial charge in [0.1, 0.15) is 0 Å². The van der Waals surface area contributed by atoms with Crippen molar-refractivity contribution in [2.45, 2.75) is 19.9 Å². The van der Waals surface area contributed by atoms with Crippen molar-refractivity contribution in [1.29, 1.82) is 0 Å². The predicted molar refractivity (Wildman–Crippen MR) is 56.2 cm³/mol. The van der Waals surface area contributed by atoms with Crippen LogP contribution in [0, 0.1) is 0 Å². The largest absolute Gasteiger partial charge is 0.378 e. The Labute approximate surface area is 84.6 Å². The lowest BCUT2D eigenvalue weighted by atomic mass is 10.2. The second-order valence-electron chi connectivity index (χ2n) is 3.77. The molecular weight excluding hydrogens is 178 g/mol. The highest BCUT2D eigenvalue weighted by Gasteiger charge is 2.18. The molecule has 2 heterocycles. The summed E-state index contributed by atoms with van der Waals surface area (Å²) >= 11 is 0. The summed E-state index contributed by atoms with van der Waals surface area (Å²) in [6, 6.07) is 0.286. The van der Waals surface area contributed by atoms with Crippen molar-refractivity contribution in [3.8, 4) is 0 Å². The molecule has 1 fully saturated rings. The van der Waals surface area contributed by atoms with Crippen molar-refractivity contribution in [3.63, 3.8) is 0 Å². The predicted octanol–water partition coefficient (Wildman–Crippen LogP) is 0.570. The van der Waals surface area contributed by atoms with Crippen LogP contribution in [0.1, 0.15) is 13.8 Å². The van der Waals surface area contributed by atoms with Crippen LogP contribution in [-0.2, 0) is 4.74 Å². The normalized spacial score (nSPS) is 27.9. The Bertz CT molecular complexity index is 267. The SMILES string of the molecule is CC1=CC(C)N=C(N2CCOCC2)N1. The fraction of sp³-hybridized carbons (Fsp3) is 0.700. The molecule has 0 bridgehead atoms. The number of allylic oxidation sites excluding steroid dienone is 1. The lowest BCUT2D eigenvalue weighted by Crippen LogP contribution is -2.48. The van der Waals surface area contributed by atoms with Gasteiger partial charge < -0.3 is 15.0 Å². The fourth-order valence-corrected chi connectivity index (χ4v) is 1.78. The molecule has 0 radical (unpaired) electrons. The molecule has 4 heteroatoms. The summed E-state index contributed by atoms with van der Waals surface area (Å²) in [5.74, 6) is 1.00. The summed E-state index contributed by atoms with van der Waals surface area (Å²) in [6.45, 7) is 7.66. The smallest absolute Gasteiger partial charge is 0.198 e. The minimum atomic E-state index is 0.286. The average Bonchev–Trinajstić information content (AvgIpc) is 2.18. The molecule has 2 rings (SSSR count). The number of hydrogen-bond acceptors (Lipinski definition) is 4. The van der Waals surface area contributed by atoms with Crippen molar-refractivity contribution in [3.05, 3.63) is 11.8 Å². The standard InChI is InChI=1S/C10H17N3O/c1-8-7-9(2)12-10(11-8)13-3-5-14-6-4-13/h7-8H,3-6H2,1-2H3,(H,11,12). The fourth-order valence-electron chi connectivity index (χ4n) is 1.78. The summed E-state index contributed by atoms with van der Waals surface area (Å²) in [7, 11) is 0. The second kappa shape index (κ2) is 4.00. The maximum Gasteiger partial charge on any atom is 0.198 e. The molecule has 0 aromatic carbocycles. The van der Waals surface area contributed by atoms with Crippen molar-refractivity contribution in [1.82, 2.24) is 10.2 Å². The molecule has 1 N–H and O–H groups in total. The number of guanidine groups is 1. The van der Waals surface area contributed by atoms with Crippen molar-refractivity contribution >= 4 is 5.96 Å².